The molecule has 170 valence electrons. The Morgan fingerprint density at radius 2 is 1.78 bits per heavy atom. The largest absolute Gasteiger partial charge is 0.452 e. The average molecular weight is 457 g/mol. The first-order valence-corrected chi connectivity index (χ1v) is 12.0. The highest BCUT2D eigenvalue weighted by Gasteiger charge is 2.30. The van der Waals surface area contributed by atoms with Gasteiger partial charge in [0.25, 0.3) is 15.9 Å². The van der Waals surface area contributed by atoms with Crippen LogP contribution in [0.3, 0.4) is 0 Å². The number of benzene rings is 2. The molecule has 1 atom stereocenters. The lowest BCUT2D eigenvalue weighted by Crippen LogP contribution is -2.38. The molecule has 2 aromatic carbocycles. The fraction of sp³-hybridized carbons (Fsp3) is 0.333. The normalized spacial score (nSPS) is 14.4. The second-order valence-electron chi connectivity index (χ2n) is 8.07. The zero-order chi connectivity index (χ0) is 23.3. The first-order chi connectivity index (χ1) is 15.2. The fourth-order valence-electron chi connectivity index (χ4n) is 3.25. The van der Waals surface area contributed by atoms with E-state index in [0.29, 0.717) is 24.2 Å². The van der Waals surface area contributed by atoms with Gasteiger partial charge >= 0.3 is 5.97 Å². The first kappa shape index (κ1) is 23.5. The topological polar surface area (TPSA) is 92.8 Å². The lowest BCUT2D eigenvalue weighted by molar-refractivity contribution is -0.144. The number of amides is 1. The van der Waals surface area contributed by atoms with E-state index in [2.05, 4.69) is 5.32 Å². The van der Waals surface area contributed by atoms with Crippen LogP contribution in [0.5, 0.6) is 0 Å². The van der Waals surface area contributed by atoms with Gasteiger partial charge in [-0.15, -0.1) is 0 Å². The van der Waals surface area contributed by atoms with Crippen LogP contribution in [-0.2, 0) is 30.8 Å². The number of para-hydroxylation sites is 1. The summed E-state index contributed by atoms with van der Waals surface area (Å²) in [5.74, 6) is -0.727. The maximum absolute atomic E-state index is 13.0. The van der Waals surface area contributed by atoms with Crippen molar-refractivity contribution >= 4 is 33.7 Å². The zero-order valence-electron chi connectivity index (χ0n) is 18.4. The Morgan fingerprint density at radius 3 is 2.47 bits per heavy atom. The predicted molar refractivity (Wildman–Crippen MR) is 124 cm³/mol. The zero-order valence-corrected chi connectivity index (χ0v) is 19.3. The van der Waals surface area contributed by atoms with Crippen LogP contribution < -0.4 is 9.62 Å². The van der Waals surface area contributed by atoms with E-state index in [1.807, 2.05) is 45.0 Å². The molecule has 0 bridgehead atoms. The number of hydrogen-bond acceptors (Lipinski definition) is 5. The molecule has 2 aromatic rings. The van der Waals surface area contributed by atoms with Gasteiger partial charge in [0, 0.05) is 18.7 Å². The Balaban J connectivity index is 1.58. The standard InChI is InChI=1S/C24H28N2O5S/c1-17(2)18(3)25-23(27)16-31-24(28)13-10-19-8-11-21(12-9-19)32(29,30)26-15-14-20-6-4-5-7-22(20)26/h4-13,17-18H,14-16H2,1-3H3,(H,25,27). The molecule has 1 amide bonds. The Kier molecular flexibility index (Phi) is 7.35. The van der Waals surface area contributed by atoms with Crippen molar-refractivity contribution < 1.29 is 22.7 Å². The molecule has 7 nitrogen and oxygen atoms in total. The average Bonchev–Trinajstić information content (AvgIpc) is 3.21. The number of nitrogens with zero attached hydrogens (tertiary/aromatic N) is 1. The lowest BCUT2D eigenvalue weighted by Gasteiger charge is -2.19. The molecule has 1 heterocycles. The summed E-state index contributed by atoms with van der Waals surface area (Å²) < 4.78 is 32.4. The van der Waals surface area contributed by atoms with Gasteiger partial charge in [-0.2, -0.15) is 0 Å². The van der Waals surface area contributed by atoms with Crippen molar-refractivity contribution in [1.29, 1.82) is 0 Å². The van der Waals surface area contributed by atoms with Crippen molar-refractivity contribution in [2.45, 2.75) is 38.1 Å². The van der Waals surface area contributed by atoms with Gasteiger partial charge in [0.1, 0.15) is 0 Å². The quantitative estimate of drug-likeness (QED) is 0.487. The molecular formula is C24H28N2O5S. The number of rotatable bonds is 8. The number of hydrogen-bond donors (Lipinski definition) is 1. The third-order valence-electron chi connectivity index (χ3n) is 5.46. The Hall–Kier alpha value is -3.13. The maximum atomic E-state index is 13.0. The van der Waals surface area contributed by atoms with E-state index in [0.717, 1.165) is 5.56 Å². The van der Waals surface area contributed by atoms with E-state index >= 15 is 0 Å². The fourth-order valence-corrected chi connectivity index (χ4v) is 4.75. The van der Waals surface area contributed by atoms with E-state index in [-0.39, 0.29) is 29.4 Å². The molecular weight excluding hydrogens is 428 g/mol. The van der Waals surface area contributed by atoms with E-state index in [4.69, 9.17) is 4.74 Å². The highest BCUT2D eigenvalue weighted by molar-refractivity contribution is 7.92. The number of carbonyl (C=O) groups is 2. The molecule has 1 unspecified atom stereocenters. The number of esters is 1. The Labute approximate surface area is 189 Å². The minimum atomic E-state index is -3.66. The number of sulfonamides is 1. The highest BCUT2D eigenvalue weighted by atomic mass is 32.2. The van der Waals surface area contributed by atoms with Gasteiger partial charge < -0.3 is 10.1 Å². The Bertz CT molecular complexity index is 1110. The van der Waals surface area contributed by atoms with Crippen molar-refractivity contribution in [2.24, 2.45) is 5.92 Å². The van der Waals surface area contributed by atoms with Crippen LogP contribution in [0.2, 0.25) is 0 Å². The van der Waals surface area contributed by atoms with Crippen LogP contribution in [0.4, 0.5) is 5.69 Å². The molecule has 1 aliphatic heterocycles. The molecule has 0 aliphatic carbocycles. The summed E-state index contributed by atoms with van der Waals surface area (Å²) in [5, 5.41) is 2.76. The summed E-state index contributed by atoms with van der Waals surface area (Å²) in [6.07, 6.45) is 3.41. The minimum Gasteiger partial charge on any atom is -0.452 e. The minimum absolute atomic E-state index is 0.0134. The highest BCUT2D eigenvalue weighted by Crippen LogP contribution is 2.32. The number of nitrogens with one attached hydrogen (secondary N) is 1. The SMILES string of the molecule is CC(C)C(C)NC(=O)COC(=O)C=Cc1ccc(S(=O)(=O)N2CCc3ccccc32)cc1. The predicted octanol–water partition coefficient (Wildman–Crippen LogP) is 3.16. The second kappa shape index (κ2) is 9.99. The van der Waals surface area contributed by atoms with Crippen LogP contribution in [0.15, 0.2) is 59.5 Å². The summed E-state index contributed by atoms with van der Waals surface area (Å²) in [7, 11) is -3.66. The maximum Gasteiger partial charge on any atom is 0.331 e. The van der Waals surface area contributed by atoms with E-state index in [1.165, 1.54) is 28.6 Å². The molecule has 0 saturated carbocycles. The van der Waals surface area contributed by atoms with Gasteiger partial charge in [0.05, 0.1) is 10.6 Å². The van der Waals surface area contributed by atoms with Gasteiger partial charge in [-0.05, 0) is 54.7 Å². The number of fused-ring (bicyclic) bond motifs is 1. The molecule has 8 heteroatoms. The van der Waals surface area contributed by atoms with E-state index in [9.17, 15) is 18.0 Å². The molecule has 32 heavy (non-hydrogen) atoms. The second-order valence-corrected chi connectivity index (χ2v) is 9.93. The van der Waals surface area contributed by atoms with Crippen LogP contribution in [0.1, 0.15) is 31.9 Å². The van der Waals surface area contributed by atoms with Gasteiger partial charge in [-0.3, -0.25) is 9.10 Å². The van der Waals surface area contributed by atoms with Gasteiger partial charge in [-0.1, -0.05) is 44.2 Å². The number of anilines is 1. The summed E-state index contributed by atoms with van der Waals surface area (Å²) in [4.78, 5) is 23.8. The summed E-state index contributed by atoms with van der Waals surface area (Å²) in [6, 6.07) is 13.7. The van der Waals surface area contributed by atoms with Crippen LogP contribution >= 0.6 is 0 Å². The van der Waals surface area contributed by atoms with Gasteiger partial charge in [0.2, 0.25) is 0 Å². The van der Waals surface area contributed by atoms with Gasteiger partial charge in [-0.25, -0.2) is 13.2 Å². The van der Waals surface area contributed by atoms with Crippen LogP contribution in [0.25, 0.3) is 6.08 Å². The number of ether oxygens (including phenoxy) is 1. The Morgan fingerprint density at radius 1 is 1.09 bits per heavy atom. The molecule has 0 radical (unpaired) electrons. The van der Waals surface area contributed by atoms with E-state index < -0.39 is 16.0 Å². The summed E-state index contributed by atoms with van der Waals surface area (Å²) in [6.45, 7) is 5.92. The van der Waals surface area contributed by atoms with Crippen LogP contribution in [0, 0.1) is 5.92 Å². The van der Waals surface area contributed by atoms with Crippen molar-refractivity contribution in [3.05, 3.63) is 65.7 Å². The summed E-state index contributed by atoms with van der Waals surface area (Å²) >= 11 is 0. The van der Waals surface area contributed by atoms with Gasteiger partial charge in [0.15, 0.2) is 6.61 Å². The first-order valence-electron chi connectivity index (χ1n) is 10.5. The smallest absolute Gasteiger partial charge is 0.331 e. The molecule has 0 aromatic heterocycles. The molecule has 0 saturated heterocycles. The lowest BCUT2D eigenvalue weighted by atomic mass is 10.1. The van der Waals surface area contributed by atoms with Crippen molar-refractivity contribution in [3.63, 3.8) is 0 Å². The monoisotopic (exact) mass is 456 g/mol. The van der Waals surface area contributed by atoms with Crippen molar-refractivity contribution in [1.82, 2.24) is 5.32 Å². The van der Waals surface area contributed by atoms with E-state index in [1.54, 1.807) is 12.1 Å². The molecule has 0 fully saturated rings. The molecule has 1 aliphatic rings. The third-order valence-corrected chi connectivity index (χ3v) is 7.29. The third kappa shape index (κ3) is 5.56. The van der Waals surface area contributed by atoms with Crippen molar-refractivity contribution in [3.8, 4) is 0 Å². The van der Waals surface area contributed by atoms with Crippen molar-refractivity contribution in [2.75, 3.05) is 17.5 Å². The number of carbonyl (C=O) groups excluding carboxylic acids is 2. The van der Waals surface area contributed by atoms with Crippen LogP contribution in [-0.4, -0.2) is 39.5 Å². The summed E-state index contributed by atoms with van der Waals surface area (Å²) in [5.41, 5.74) is 2.37. The molecule has 0 spiro atoms. The molecule has 1 N–H and O–H groups in total. The molecule has 3 rings (SSSR count).